The van der Waals surface area contributed by atoms with Crippen LogP contribution >= 0.6 is 11.6 Å². The van der Waals surface area contributed by atoms with Gasteiger partial charge in [0, 0.05) is 17.2 Å². The van der Waals surface area contributed by atoms with E-state index in [-0.39, 0.29) is 23.2 Å². The summed E-state index contributed by atoms with van der Waals surface area (Å²) in [6.07, 6.45) is 1.42. The van der Waals surface area contributed by atoms with Crippen LogP contribution in [0.3, 0.4) is 0 Å². The Labute approximate surface area is 153 Å². The fourth-order valence-electron chi connectivity index (χ4n) is 3.96. The predicted octanol–water partition coefficient (Wildman–Crippen LogP) is 5.58. The van der Waals surface area contributed by atoms with Crippen molar-refractivity contribution in [2.24, 2.45) is 16.3 Å². The summed E-state index contributed by atoms with van der Waals surface area (Å²) in [5, 5.41) is 4.27. The summed E-state index contributed by atoms with van der Waals surface area (Å²) in [5.41, 5.74) is 3.88. The van der Waals surface area contributed by atoms with Gasteiger partial charge in [-0.3, -0.25) is 9.79 Å². The van der Waals surface area contributed by atoms with Crippen molar-refractivity contribution in [3.63, 3.8) is 0 Å². The van der Waals surface area contributed by atoms with E-state index in [1.54, 1.807) is 0 Å². The molecule has 3 nitrogen and oxygen atoms in total. The minimum Gasteiger partial charge on any atom is -0.375 e. The summed E-state index contributed by atoms with van der Waals surface area (Å²) >= 11 is 6.06. The van der Waals surface area contributed by atoms with Gasteiger partial charge < -0.3 is 5.32 Å². The van der Waals surface area contributed by atoms with Crippen molar-refractivity contribution in [1.29, 1.82) is 0 Å². The maximum Gasteiger partial charge on any atom is 0.144 e. The van der Waals surface area contributed by atoms with E-state index in [0.29, 0.717) is 11.4 Å². The van der Waals surface area contributed by atoms with Crippen molar-refractivity contribution in [3.05, 3.63) is 59.1 Å². The normalized spacial score (nSPS) is 24.4. The highest BCUT2D eigenvalue weighted by atomic mass is 35.5. The van der Waals surface area contributed by atoms with Gasteiger partial charge >= 0.3 is 0 Å². The van der Waals surface area contributed by atoms with Gasteiger partial charge in [0.15, 0.2) is 0 Å². The van der Waals surface area contributed by atoms with Crippen LogP contribution in [0.5, 0.6) is 0 Å². The molecule has 0 radical (unpaired) electrons. The van der Waals surface area contributed by atoms with Crippen molar-refractivity contribution in [2.45, 2.75) is 32.7 Å². The summed E-state index contributed by atoms with van der Waals surface area (Å²) in [7, 11) is 0. The van der Waals surface area contributed by atoms with E-state index in [9.17, 15) is 4.79 Å². The Morgan fingerprint density at radius 2 is 1.80 bits per heavy atom. The lowest BCUT2D eigenvalue weighted by Crippen LogP contribution is -2.42. The first-order valence-electron chi connectivity index (χ1n) is 8.64. The van der Waals surface area contributed by atoms with Crippen molar-refractivity contribution in [3.8, 4) is 0 Å². The van der Waals surface area contributed by atoms with Crippen LogP contribution < -0.4 is 5.32 Å². The zero-order valence-corrected chi connectivity index (χ0v) is 15.2. The number of nitrogens with one attached hydrogen (secondary N) is 1. The minimum absolute atomic E-state index is 0.0454. The highest BCUT2D eigenvalue weighted by Crippen LogP contribution is 2.44. The van der Waals surface area contributed by atoms with E-state index < -0.39 is 0 Å². The smallest absolute Gasteiger partial charge is 0.144 e. The van der Waals surface area contributed by atoms with Crippen LogP contribution in [0.15, 0.2) is 53.5 Å². The number of aliphatic imine (C=N–C) groups is 1. The average Bonchev–Trinajstić information content (AvgIpc) is 2.70. The fourth-order valence-corrected chi connectivity index (χ4v) is 4.09. The summed E-state index contributed by atoms with van der Waals surface area (Å²) in [6.45, 7) is 4.29. The molecule has 4 heteroatoms. The molecular formula is C21H21ClN2O. The van der Waals surface area contributed by atoms with E-state index in [4.69, 9.17) is 16.6 Å². The molecule has 2 unspecified atom stereocenters. The van der Waals surface area contributed by atoms with Crippen molar-refractivity contribution < 1.29 is 4.79 Å². The number of rotatable bonds is 1. The van der Waals surface area contributed by atoms with Gasteiger partial charge in [0.05, 0.1) is 23.3 Å². The number of anilines is 1. The molecule has 2 aromatic carbocycles. The molecular weight excluding hydrogens is 332 g/mol. The van der Waals surface area contributed by atoms with Gasteiger partial charge in [-0.25, -0.2) is 0 Å². The number of fused-ring (bicyclic) bond motifs is 2. The first-order chi connectivity index (χ1) is 11.9. The molecule has 1 N–H and O–H groups in total. The van der Waals surface area contributed by atoms with Gasteiger partial charge in [-0.05, 0) is 41.7 Å². The average molecular weight is 353 g/mol. The monoisotopic (exact) mass is 352 g/mol. The maximum absolute atomic E-state index is 13.1. The van der Waals surface area contributed by atoms with Crippen LogP contribution in [0.25, 0.3) is 0 Å². The SMILES string of the molecule is CC1(C)CC(=O)C2C(=Nc3ccccc3NC2c2ccc(Cl)cc2)C1. The number of benzene rings is 2. The number of carbonyl (C=O) groups is 1. The molecule has 0 aromatic heterocycles. The predicted molar refractivity (Wildman–Crippen MR) is 103 cm³/mol. The molecule has 0 spiro atoms. The zero-order valence-electron chi connectivity index (χ0n) is 14.4. The van der Waals surface area contributed by atoms with Gasteiger partial charge in [0.2, 0.25) is 0 Å². The Morgan fingerprint density at radius 3 is 2.56 bits per heavy atom. The molecule has 2 atom stereocenters. The van der Waals surface area contributed by atoms with Crippen molar-refractivity contribution in [2.75, 3.05) is 5.32 Å². The number of para-hydroxylation sites is 2. The van der Waals surface area contributed by atoms with Crippen molar-refractivity contribution >= 4 is 34.5 Å². The second kappa shape index (κ2) is 5.99. The lowest BCUT2D eigenvalue weighted by molar-refractivity contribution is -0.124. The third kappa shape index (κ3) is 3.09. The molecule has 1 saturated carbocycles. The Hall–Kier alpha value is -2.13. The lowest BCUT2D eigenvalue weighted by Gasteiger charge is -2.37. The Morgan fingerprint density at radius 1 is 1.08 bits per heavy atom. The number of hydrogen-bond acceptors (Lipinski definition) is 3. The molecule has 2 aromatic rings. The Balaban J connectivity index is 1.86. The van der Waals surface area contributed by atoms with E-state index in [2.05, 4.69) is 19.2 Å². The van der Waals surface area contributed by atoms with E-state index in [0.717, 1.165) is 29.1 Å². The lowest BCUT2D eigenvalue weighted by atomic mass is 9.68. The molecule has 0 saturated heterocycles. The first kappa shape index (κ1) is 16.3. The topological polar surface area (TPSA) is 41.5 Å². The maximum atomic E-state index is 13.1. The second-order valence-electron chi connectivity index (χ2n) is 7.76. The van der Waals surface area contributed by atoms with Gasteiger partial charge in [-0.2, -0.15) is 0 Å². The number of halogens is 1. The third-order valence-electron chi connectivity index (χ3n) is 5.06. The number of hydrogen-bond donors (Lipinski definition) is 1. The number of Topliss-reactive ketones (excluding diaryl/α,β-unsaturated/α-hetero) is 1. The number of ketones is 1. The van der Waals surface area contributed by atoms with Crippen LogP contribution in [0, 0.1) is 11.3 Å². The molecule has 2 aliphatic rings. The third-order valence-corrected chi connectivity index (χ3v) is 5.31. The molecule has 0 bridgehead atoms. The molecule has 1 heterocycles. The standard InChI is InChI=1S/C21H21ClN2O/c1-21(2)11-17-19(18(25)12-21)20(13-7-9-14(22)10-8-13)24-16-6-4-3-5-15(16)23-17/h3-10,19-20,24H,11-12H2,1-2H3. The summed E-state index contributed by atoms with van der Waals surface area (Å²) < 4.78 is 0. The summed E-state index contributed by atoms with van der Waals surface area (Å²) in [5.74, 6) is 0.0249. The molecule has 0 amide bonds. The van der Waals surface area contributed by atoms with Crippen molar-refractivity contribution in [1.82, 2.24) is 0 Å². The Bertz CT molecular complexity index is 854. The highest BCUT2D eigenvalue weighted by Gasteiger charge is 2.43. The molecule has 4 rings (SSSR count). The molecule has 25 heavy (non-hydrogen) atoms. The van der Waals surface area contributed by atoms with Crippen LogP contribution in [0.4, 0.5) is 11.4 Å². The highest BCUT2D eigenvalue weighted by molar-refractivity contribution is 6.30. The largest absolute Gasteiger partial charge is 0.375 e. The van der Waals surface area contributed by atoms with Gasteiger partial charge in [0.25, 0.3) is 0 Å². The fraction of sp³-hybridized carbons (Fsp3) is 0.333. The first-order valence-corrected chi connectivity index (χ1v) is 9.02. The van der Waals surface area contributed by atoms with Crippen LogP contribution in [0.2, 0.25) is 5.02 Å². The van der Waals surface area contributed by atoms with Gasteiger partial charge in [-0.15, -0.1) is 0 Å². The summed E-state index contributed by atoms with van der Waals surface area (Å²) in [6, 6.07) is 15.6. The van der Waals surface area contributed by atoms with E-state index >= 15 is 0 Å². The molecule has 1 fully saturated rings. The van der Waals surface area contributed by atoms with Gasteiger partial charge in [-0.1, -0.05) is 49.7 Å². The van der Waals surface area contributed by atoms with Gasteiger partial charge in [0.1, 0.15) is 5.78 Å². The molecule has 128 valence electrons. The van der Waals surface area contributed by atoms with E-state index in [1.165, 1.54) is 0 Å². The number of carbonyl (C=O) groups excluding carboxylic acids is 1. The van der Waals surface area contributed by atoms with E-state index in [1.807, 2.05) is 48.5 Å². The molecule has 1 aliphatic carbocycles. The van der Waals surface area contributed by atoms with Crippen LogP contribution in [-0.4, -0.2) is 11.5 Å². The number of nitrogens with zero attached hydrogens (tertiary/aromatic N) is 1. The van der Waals surface area contributed by atoms with Crippen LogP contribution in [-0.2, 0) is 4.79 Å². The molecule has 1 aliphatic heterocycles. The quantitative estimate of drug-likeness (QED) is 0.727. The van der Waals surface area contributed by atoms with Crippen LogP contribution in [0.1, 0.15) is 38.3 Å². The zero-order chi connectivity index (χ0) is 17.6. The second-order valence-corrected chi connectivity index (χ2v) is 8.19. The summed E-state index contributed by atoms with van der Waals surface area (Å²) in [4.78, 5) is 18.0. The minimum atomic E-state index is -0.235. The Kier molecular flexibility index (Phi) is 3.92.